The SMILES string of the molecule is CC(=O)N[C@H]1[C@H](O[C@@H]2[C@H](O[C@]3(C(=O)O)C[C@H](O)[C@@H](NC(C)=O)[C@H]([C@H](O)[C@H](O)CO)O3)[C@@H](O)[C@H](O[C@H]3[C@H](O)[C@@H](O)[C@H](O)O[C@@H]3CO)O[C@@H]2CO)O[C@H](CO)[C@H](O)[C@@H]1O[C@@H]1O[C@H](CO)[C@H](O[C@H]2O[C@H](CO)[C@H](O)[C@H](O)[C@H]2O)[C@H](O)[C@H]1O. The molecule has 2 amide bonds. The average Bonchev–Trinajstić information content (AvgIpc) is 3.49. The van der Waals surface area contributed by atoms with Gasteiger partial charge in [0.1, 0.15) is 140 Å². The van der Waals surface area contributed by atoms with Crippen LogP contribution in [0, 0.1) is 0 Å². The Kier molecular flexibility index (Phi) is 22.9. The van der Waals surface area contributed by atoms with Gasteiger partial charge in [-0.3, -0.25) is 9.59 Å². The molecule has 0 radical (unpaired) electrons. The number of aliphatic hydroxyl groups is 19. The minimum atomic E-state index is -3.38. The molecule has 79 heavy (non-hydrogen) atoms. The Balaban J connectivity index is 1.38. The lowest BCUT2D eigenvalue weighted by molar-refractivity contribution is -0.403. The zero-order valence-electron chi connectivity index (χ0n) is 41.9. The molecule has 0 aromatic rings. The number of nitrogens with one attached hydrogen (secondary N) is 2. The number of aliphatic hydroxyl groups excluding tert-OH is 19. The van der Waals surface area contributed by atoms with Crippen LogP contribution >= 0.6 is 0 Å². The van der Waals surface area contributed by atoms with Crippen LogP contribution in [0.4, 0.5) is 0 Å². The standard InChI is InChI=1S/C43H72N2O34/c1-10(52)44-19-12(54)3-43(42(67)68,78-35(19)21(56)13(55)4-46)79-36-30(65)41(75-31-16(7-49)69-37(66)27(62)25(31)60)73-18(9-51)33(36)76-38-20(45-11(2)53)34(23(58)15(6-48)70-38)77-40-29(64)26(61)32(17(8-50)72-40)74-39-28(63)24(59)22(57)14(5-47)71-39/h12-41,46-51,54-66H,3-9H2,1-2H3,(H,44,52)(H,45,53)(H,67,68)/t12-,13+,14+,15+,16+,17+,18+,19+,20+,21+,22-,23-,24-,25+,26+,27+,28+,29+,30+,31+,32-,33-,34+,35+,36+,37+,38-,39+,40-,41-,43-/m0/s1. The first-order valence-corrected chi connectivity index (χ1v) is 24.8. The summed E-state index contributed by atoms with van der Waals surface area (Å²) in [5, 5.41) is 219. The van der Waals surface area contributed by atoms with Crippen molar-refractivity contribution in [2.75, 3.05) is 39.6 Å². The summed E-state index contributed by atoms with van der Waals surface area (Å²) < 4.78 is 63.2. The molecule has 6 heterocycles. The molecule has 0 aromatic carbocycles. The predicted molar refractivity (Wildman–Crippen MR) is 240 cm³/mol. The van der Waals surface area contributed by atoms with Gasteiger partial charge in [-0.2, -0.15) is 0 Å². The number of rotatable bonds is 21. The Labute approximate surface area is 446 Å². The third-order valence-corrected chi connectivity index (χ3v) is 14.2. The topological polar surface area (TPSA) is 581 Å². The lowest BCUT2D eigenvalue weighted by atomic mass is 9.88. The van der Waals surface area contributed by atoms with Gasteiger partial charge in [-0.1, -0.05) is 0 Å². The number of hydrogen-bond donors (Lipinski definition) is 22. The van der Waals surface area contributed by atoms with E-state index in [4.69, 9.17) is 52.1 Å². The van der Waals surface area contributed by atoms with Gasteiger partial charge in [0.25, 0.3) is 5.79 Å². The summed E-state index contributed by atoms with van der Waals surface area (Å²) in [4.78, 5) is 38.8. The molecule has 0 saturated carbocycles. The second-order valence-corrected chi connectivity index (χ2v) is 19.7. The van der Waals surface area contributed by atoms with Crippen molar-refractivity contribution in [1.82, 2.24) is 10.6 Å². The van der Waals surface area contributed by atoms with Crippen LogP contribution in [0.3, 0.4) is 0 Å². The quantitative estimate of drug-likeness (QED) is 0.0507. The van der Waals surface area contributed by atoms with Crippen molar-refractivity contribution in [3.05, 3.63) is 0 Å². The first-order chi connectivity index (χ1) is 37.2. The van der Waals surface area contributed by atoms with Crippen molar-refractivity contribution in [3.63, 3.8) is 0 Å². The number of carbonyl (C=O) groups is 3. The van der Waals surface area contributed by atoms with E-state index in [0.717, 1.165) is 13.8 Å². The number of amides is 2. The van der Waals surface area contributed by atoms with E-state index >= 15 is 0 Å². The van der Waals surface area contributed by atoms with Gasteiger partial charge in [0, 0.05) is 20.3 Å². The van der Waals surface area contributed by atoms with E-state index in [1.54, 1.807) is 0 Å². The number of carboxylic acids is 1. The van der Waals surface area contributed by atoms with Crippen LogP contribution in [0.5, 0.6) is 0 Å². The maximum absolute atomic E-state index is 13.5. The first kappa shape index (κ1) is 65.4. The van der Waals surface area contributed by atoms with Crippen LogP contribution in [0.15, 0.2) is 0 Å². The van der Waals surface area contributed by atoms with Crippen molar-refractivity contribution < 1.29 is 169 Å². The normalized spacial score (nSPS) is 47.7. The zero-order valence-corrected chi connectivity index (χ0v) is 41.9. The molecule has 0 aliphatic carbocycles. The van der Waals surface area contributed by atoms with E-state index in [-0.39, 0.29) is 0 Å². The highest BCUT2D eigenvalue weighted by molar-refractivity contribution is 5.76. The van der Waals surface area contributed by atoms with Crippen molar-refractivity contribution in [3.8, 4) is 0 Å². The summed E-state index contributed by atoms with van der Waals surface area (Å²) in [5.74, 6) is -7.42. The molecule has 6 aliphatic rings. The Bertz CT molecular complexity index is 1970. The van der Waals surface area contributed by atoms with Gasteiger partial charge in [0.15, 0.2) is 31.5 Å². The maximum atomic E-state index is 13.5. The average molecular weight is 1160 g/mol. The van der Waals surface area contributed by atoms with Gasteiger partial charge in [0.2, 0.25) is 11.8 Å². The Hall–Kier alpha value is -2.79. The molecule has 6 fully saturated rings. The van der Waals surface area contributed by atoms with Gasteiger partial charge in [-0.05, 0) is 0 Å². The minimum absolute atomic E-state index is 0.882. The van der Waals surface area contributed by atoms with Crippen LogP contribution in [-0.2, 0) is 66.5 Å². The van der Waals surface area contributed by atoms with Gasteiger partial charge < -0.3 is 165 Å². The van der Waals surface area contributed by atoms with Crippen molar-refractivity contribution in [1.29, 1.82) is 0 Å². The molecule has 458 valence electrons. The Morgan fingerprint density at radius 3 is 1.44 bits per heavy atom. The van der Waals surface area contributed by atoms with Gasteiger partial charge >= 0.3 is 5.97 Å². The summed E-state index contributed by atoms with van der Waals surface area (Å²) in [6.07, 6.45) is -59.7. The van der Waals surface area contributed by atoms with E-state index in [1.165, 1.54) is 0 Å². The molecule has 36 nitrogen and oxygen atoms in total. The number of aliphatic carboxylic acids is 1. The molecule has 0 aromatic heterocycles. The van der Waals surface area contributed by atoms with Crippen LogP contribution in [0.25, 0.3) is 0 Å². The molecule has 6 rings (SSSR count). The van der Waals surface area contributed by atoms with Crippen molar-refractivity contribution in [2.24, 2.45) is 0 Å². The van der Waals surface area contributed by atoms with Crippen LogP contribution in [0.1, 0.15) is 20.3 Å². The molecule has 6 aliphatic heterocycles. The number of carbonyl (C=O) groups excluding carboxylic acids is 2. The summed E-state index contributed by atoms with van der Waals surface area (Å²) in [6, 6.07) is -3.74. The summed E-state index contributed by atoms with van der Waals surface area (Å²) >= 11 is 0. The van der Waals surface area contributed by atoms with E-state index < -0.39 is 254 Å². The fraction of sp³-hybridized carbons (Fsp3) is 0.930. The highest BCUT2D eigenvalue weighted by atomic mass is 16.8. The van der Waals surface area contributed by atoms with Gasteiger partial charge in [-0.15, -0.1) is 0 Å². The summed E-state index contributed by atoms with van der Waals surface area (Å²) in [5.41, 5.74) is 0. The highest BCUT2D eigenvalue weighted by Crippen LogP contribution is 2.41. The lowest BCUT2D eigenvalue weighted by Crippen LogP contribution is -2.72. The number of carboxylic acid groups (broad SMARTS) is 1. The largest absolute Gasteiger partial charge is 0.477 e. The van der Waals surface area contributed by atoms with Crippen LogP contribution in [0.2, 0.25) is 0 Å². The highest BCUT2D eigenvalue weighted by Gasteiger charge is 2.62. The molecule has 6 saturated heterocycles. The molecular weight excluding hydrogens is 1090 g/mol. The van der Waals surface area contributed by atoms with E-state index in [9.17, 15) is 117 Å². The van der Waals surface area contributed by atoms with E-state index in [2.05, 4.69) is 10.6 Å². The lowest BCUT2D eigenvalue weighted by Gasteiger charge is -2.52. The van der Waals surface area contributed by atoms with Gasteiger partial charge in [-0.25, -0.2) is 4.79 Å². The van der Waals surface area contributed by atoms with Gasteiger partial charge in [0.05, 0.1) is 51.8 Å². The Morgan fingerprint density at radius 1 is 0.494 bits per heavy atom. The van der Waals surface area contributed by atoms with E-state index in [1.807, 2.05) is 0 Å². The third-order valence-electron chi connectivity index (χ3n) is 14.2. The fourth-order valence-corrected chi connectivity index (χ4v) is 10.0. The maximum Gasteiger partial charge on any atom is 0.364 e. The third kappa shape index (κ3) is 13.9. The molecule has 0 unspecified atom stereocenters. The smallest absolute Gasteiger partial charge is 0.364 e. The van der Waals surface area contributed by atoms with Crippen LogP contribution in [-0.4, -0.2) is 349 Å². The molecule has 36 heteroatoms. The monoisotopic (exact) mass is 1160 g/mol. The second kappa shape index (κ2) is 27.7. The first-order valence-electron chi connectivity index (χ1n) is 24.8. The molecule has 22 N–H and O–H groups in total. The fourth-order valence-electron chi connectivity index (χ4n) is 10.0. The number of hydrogen-bond acceptors (Lipinski definition) is 33. The molecular formula is C43H72N2O34. The van der Waals surface area contributed by atoms with Crippen molar-refractivity contribution in [2.45, 2.75) is 210 Å². The van der Waals surface area contributed by atoms with E-state index in [0.29, 0.717) is 0 Å². The molecule has 0 spiro atoms. The molecule has 31 atom stereocenters. The predicted octanol–water partition coefficient (Wildman–Crippen LogP) is -14.6. The Morgan fingerprint density at radius 2 is 0.924 bits per heavy atom. The van der Waals surface area contributed by atoms with Crippen LogP contribution < -0.4 is 10.6 Å². The minimum Gasteiger partial charge on any atom is -0.477 e. The summed E-state index contributed by atoms with van der Waals surface area (Å²) in [7, 11) is 0. The number of ether oxygens (including phenoxy) is 11. The molecule has 0 bridgehead atoms. The zero-order chi connectivity index (χ0) is 58.7. The second-order valence-electron chi connectivity index (χ2n) is 19.7. The van der Waals surface area contributed by atoms with Crippen molar-refractivity contribution >= 4 is 17.8 Å². The summed E-state index contributed by atoms with van der Waals surface area (Å²) in [6.45, 7) is -4.76.